The van der Waals surface area contributed by atoms with E-state index in [4.69, 9.17) is 14.3 Å². The number of benzene rings is 3. The summed E-state index contributed by atoms with van der Waals surface area (Å²) in [4.78, 5) is 5.50. The molecular weight excluding hydrogens is 533 g/mol. The van der Waals surface area contributed by atoms with E-state index < -0.39 is 13.7 Å². The molecule has 0 aromatic heterocycles. The summed E-state index contributed by atoms with van der Waals surface area (Å²) in [5.74, 6) is 0.779. The highest BCUT2D eigenvalue weighted by Gasteiger charge is 2.51. The summed E-state index contributed by atoms with van der Waals surface area (Å²) in [7, 11) is -0.611. The molecule has 6 rings (SSSR count). The van der Waals surface area contributed by atoms with E-state index in [-0.39, 0.29) is 12.1 Å². The molecule has 3 aromatic carbocycles. The van der Waals surface area contributed by atoms with Gasteiger partial charge in [0, 0.05) is 37.9 Å². The van der Waals surface area contributed by atoms with Gasteiger partial charge in [-0.2, -0.15) is 0 Å². The van der Waals surface area contributed by atoms with Crippen molar-refractivity contribution >= 4 is 14.0 Å². The molecule has 1 aliphatic heterocycles. The Morgan fingerprint density at radius 1 is 0.690 bits per heavy atom. The van der Waals surface area contributed by atoms with Gasteiger partial charge in [0.05, 0.1) is 0 Å². The van der Waals surface area contributed by atoms with Crippen molar-refractivity contribution in [3.05, 3.63) is 108 Å². The molecular formula is C38H48NO2P. The van der Waals surface area contributed by atoms with Gasteiger partial charge in [-0.15, -0.1) is 0 Å². The highest BCUT2D eigenvalue weighted by molar-refractivity contribution is 7.54. The number of aliphatic imine (C=N–C) groups is 1. The van der Waals surface area contributed by atoms with Gasteiger partial charge in [-0.25, -0.2) is 4.99 Å². The van der Waals surface area contributed by atoms with Gasteiger partial charge in [-0.3, -0.25) is 0 Å². The Labute approximate surface area is 255 Å². The van der Waals surface area contributed by atoms with Crippen molar-refractivity contribution < 1.29 is 9.26 Å². The first kappa shape index (κ1) is 29.6. The van der Waals surface area contributed by atoms with Crippen molar-refractivity contribution in [3.8, 4) is 0 Å². The molecule has 4 heteroatoms. The third-order valence-corrected chi connectivity index (χ3v) is 12.7. The predicted molar refractivity (Wildman–Crippen MR) is 177 cm³/mol. The maximum Gasteiger partial charge on any atom is 0.216 e. The second kappa shape index (κ2) is 14.3. The predicted octanol–water partition coefficient (Wildman–Crippen LogP) is 9.91. The normalized spacial score (nSPS) is 22.2. The topological polar surface area (TPSA) is 30.8 Å². The summed E-state index contributed by atoms with van der Waals surface area (Å²) in [6.45, 7) is 2.25. The van der Waals surface area contributed by atoms with E-state index >= 15 is 0 Å². The molecule has 3 aromatic rings. The van der Waals surface area contributed by atoms with Crippen molar-refractivity contribution in [2.24, 2.45) is 4.99 Å². The van der Waals surface area contributed by atoms with Crippen LogP contribution in [0, 0.1) is 0 Å². The average molecular weight is 582 g/mol. The van der Waals surface area contributed by atoms with Gasteiger partial charge in [0.15, 0.2) is 0 Å². The van der Waals surface area contributed by atoms with Crippen LogP contribution in [0.15, 0.2) is 96.0 Å². The molecule has 2 fully saturated rings. The van der Waals surface area contributed by atoms with Gasteiger partial charge >= 0.3 is 0 Å². The first-order valence-corrected chi connectivity index (χ1v) is 18.0. The molecule has 0 spiro atoms. The lowest BCUT2D eigenvalue weighted by Crippen LogP contribution is -2.52. The molecule has 2 aliphatic carbocycles. The molecule has 42 heavy (non-hydrogen) atoms. The minimum absolute atomic E-state index is 0.0119. The van der Waals surface area contributed by atoms with Gasteiger partial charge in [-0.1, -0.05) is 124 Å². The maximum atomic E-state index is 8.00. The standard InChI is InChI=1S/C38H48NO2P/c1-2-35-36(39-37(40-35)32-22-12-5-13-23-32)38(28-30-18-8-3-9-19-30,29-31-20-10-4-11-21-31)41-42(33-24-14-6-15-25-33)34-26-16-7-17-27-34/h3-5,8-13,18-23,33-36H,2,6-7,14-17,24-29H2,1H3. The van der Waals surface area contributed by atoms with Crippen LogP contribution in [-0.4, -0.2) is 35.0 Å². The molecule has 0 saturated heterocycles. The van der Waals surface area contributed by atoms with Gasteiger partial charge in [0.25, 0.3) is 0 Å². The summed E-state index contributed by atoms with van der Waals surface area (Å²) in [5, 5.41) is 0. The number of rotatable bonds is 11. The van der Waals surface area contributed by atoms with E-state index in [0.717, 1.165) is 30.7 Å². The molecule has 222 valence electrons. The molecule has 3 nitrogen and oxygen atoms in total. The Hall–Kier alpha value is -2.48. The minimum Gasteiger partial charge on any atom is -0.472 e. The molecule has 0 N–H and O–H groups in total. The highest BCUT2D eigenvalue weighted by atomic mass is 31.1. The zero-order valence-electron chi connectivity index (χ0n) is 25.4. The Balaban J connectivity index is 1.47. The van der Waals surface area contributed by atoms with Crippen molar-refractivity contribution in [3.63, 3.8) is 0 Å². The monoisotopic (exact) mass is 581 g/mol. The molecule has 0 bridgehead atoms. The lowest BCUT2D eigenvalue weighted by Gasteiger charge is -2.47. The Morgan fingerprint density at radius 3 is 1.64 bits per heavy atom. The molecule has 2 unspecified atom stereocenters. The number of nitrogens with zero attached hydrogens (tertiary/aromatic N) is 1. The van der Waals surface area contributed by atoms with E-state index in [9.17, 15) is 0 Å². The van der Waals surface area contributed by atoms with Crippen LogP contribution in [0.4, 0.5) is 0 Å². The lowest BCUT2D eigenvalue weighted by molar-refractivity contribution is 0.0133. The highest BCUT2D eigenvalue weighted by Crippen LogP contribution is 2.60. The SMILES string of the molecule is CCC1OC(c2ccccc2)=NC1C(Cc1ccccc1)(Cc1ccccc1)OP(C1CCCCC1)C1CCCCC1. The van der Waals surface area contributed by atoms with E-state index in [1.165, 1.54) is 75.3 Å². The van der Waals surface area contributed by atoms with Crippen molar-refractivity contribution in [1.29, 1.82) is 0 Å². The Kier molecular flexibility index (Phi) is 10.1. The summed E-state index contributed by atoms with van der Waals surface area (Å²) >= 11 is 0. The van der Waals surface area contributed by atoms with Gasteiger partial charge in [-0.05, 0) is 55.4 Å². The fourth-order valence-corrected chi connectivity index (χ4v) is 10.8. The molecule has 1 heterocycles. The summed E-state index contributed by atoms with van der Waals surface area (Å²) < 4.78 is 14.7. The van der Waals surface area contributed by atoms with Crippen LogP contribution in [0.2, 0.25) is 0 Å². The second-order valence-electron chi connectivity index (χ2n) is 12.7. The van der Waals surface area contributed by atoms with E-state index in [1.54, 1.807) is 0 Å². The number of hydrogen-bond donors (Lipinski definition) is 0. The fourth-order valence-electron chi connectivity index (χ4n) is 7.54. The Morgan fingerprint density at radius 2 is 1.17 bits per heavy atom. The van der Waals surface area contributed by atoms with Crippen molar-refractivity contribution in [1.82, 2.24) is 0 Å². The third-order valence-electron chi connectivity index (χ3n) is 9.68. The van der Waals surface area contributed by atoms with E-state index in [0.29, 0.717) is 11.3 Å². The largest absolute Gasteiger partial charge is 0.472 e. The van der Waals surface area contributed by atoms with Crippen LogP contribution in [0.25, 0.3) is 0 Å². The summed E-state index contributed by atoms with van der Waals surface area (Å²) in [6.07, 6.45) is 16.0. The first-order chi connectivity index (χ1) is 20.7. The van der Waals surface area contributed by atoms with Gasteiger partial charge in [0.1, 0.15) is 17.7 Å². The van der Waals surface area contributed by atoms with Crippen LogP contribution in [0.1, 0.15) is 94.2 Å². The molecule has 2 saturated carbocycles. The Bertz CT molecular complexity index is 1190. The zero-order chi connectivity index (χ0) is 28.6. The lowest BCUT2D eigenvalue weighted by atomic mass is 9.79. The molecule has 2 atom stereocenters. The minimum atomic E-state index is -0.611. The maximum absolute atomic E-state index is 8.00. The molecule has 0 radical (unpaired) electrons. The third kappa shape index (κ3) is 7.00. The van der Waals surface area contributed by atoms with Crippen molar-refractivity contribution in [2.75, 3.05) is 0 Å². The van der Waals surface area contributed by atoms with Gasteiger partial charge < -0.3 is 9.26 Å². The van der Waals surface area contributed by atoms with Crippen LogP contribution < -0.4 is 0 Å². The van der Waals surface area contributed by atoms with Crippen LogP contribution >= 0.6 is 8.15 Å². The van der Waals surface area contributed by atoms with E-state index in [2.05, 4.69) is 97.9 Å². The summed E-state index contributed by atoms with van der Waals surface area (Å²) in [6, 6.07) is 32.5. The fraction of sp³-hybridized carbons (Fsp3) is 0.500. The van der Waals surface area contributed by atoms with E-state index in [1.807, 2.05) is 0 Å². The second-order valence-corrected chi connectivity index (χ2v) is 15.1. The van der Waals surface area contributed by atoms with Crippen LogP contribution in [0.5, 0.6) is 0 Å². The average Bonchev–Trinajstić information content (AvgIpc) is 3.51. The first-order valence-electron chi connectivity index (χ1n) is 16.6. The number of ether oxygens (including phenoxy) is 1. The zero-order valence-corrected chi connectivity index (χ0v) is 26.3. The van der Waals surface area contributed by atoms with Gasteiger partial charge in [0.2, 0.25) is 5.90 Å². The number of hydrogen-bond acceptors (Lipinski definition) is 3. The van der Waals surface area contributed by atoms with Crippen LogP contribution in [-0.2, 0) is 22.1 Å². The molecule has 0 amide bonds. The quantitative estimate of drug-likeness (QED) is 0.211. The van der Waals surface area contributed by atoms with Crippen LogP contribution in [0.3, 0.4) is 0 Å². The van der Waals surface area contributed by atoms with Crippen molar-refractivity contribution in [2.45, 2.75) is 119 Å². The smallest absolute Gasteiger partial charge is 0.216 e. The molecule has 3 aliphatic rings. The summed E-state index contributed by atoms with van der Waals surface area (Å²) in [5.41, 5.74) is 4.63.